The maximum Gasteiger partial charge on any atom is 0.414 e. The zero-order valence-electron chi connectivity index (χ0n) is 16.5. The number of amides is 1. The van der Waals surface area contributed by atoms with Crippen molar-refractivity contribution >= 4 is 35.5 Å². The number of phenols is 1. The Hall–Kier alpha value is -1.05. The summed E-state index contributed by atoms with van der Waals surface area (Å²) in [6, 6.07) is 3.87. The Morgan fingerprint density at radius 2 is 2.12 bits per heavy atom. The van der Waals surface area contributed by atoms with Crippen LogP contribution in [0.2, 0.25) is 0 Å². The van der Waals surface area contributed by atoms with E-state index >= 15 is 0 Å². The van der Waals surface area contributed by atoms with E-state index in [9.17, 15) is 9.90 Å². The molecule has 26 heavy (non-hydrogen) atoms. The highest BCUT2D eigenvalue weighted by Gasteiger charge is 2.33. The number of rotatable bonds is 4. The lowest BCUT2D eigenvalue weighted by Crippen LogP contribution is -2.43. The fourth-order valence-corrected chi connectivity index (χ4v) is 4.40. The van der Waals surface area contributed by atoms with Crippen molar-refractivity contribution in [1.29, 1.82) is 0 Å². The van der Waals surface area contributed by atoms with Crippen LogP contribution in [-0.2, 0) is 4.74 Å². The van der Waals surface area contributed by atoms with Gasteiger partial charge >= 0.3 is 6.09 Å². The van der Waals surface area contributed by atoms with E-state index in [4.69, 9.17) is 4.74 Å². The highest BCUT2D eigenvalue weighted by Crippen LogP contribution is 2.43. The Balaban J connectivity index is 2.45. The normalized spacial score (nSPS) is 18.4. The summed E-state index contributed by atoms with van der Waals surface area (Å²) in [5, 5.41) is 10.3. The molecule has 1 aliphatic rings. The van der Waals surface area contributed by atoms with Crippen molar-refractivity contribution in [2.75, 3.05) is 24.7 Å². The van der Waals surface area contributed by atoms with Crippen LogP contribution in [0.4, 0.5) is 10.5 Å². The first kappa shape index (κ1) is 21.3. The summed E-state index contributed by atoms with van der Waals surface area (Å²) in [7, 11) is 2.05. The van der Waals surface area contributed by atoms with Gasteiger partial charge in [0.2, 0.25) is 0 Å². The molecule has 1 heterocycles. The van der Waals surface area contributed by atoms with Crippen LogP contribution in [-0.4, -0.2) is 47.0 Å². The molecule has 0 aliphatic carbocycles. The van der Waals surface area contributed by atoms with Crippen molar-refractivity contribution in [3.63, 3.8) is 0 Å². The number of aromatic hydroxyl groups is 1. The molecule has 1 unspecified atom stereocenters. The minimum atomic E-state index is -0.555. The minimum Gasteiger partial charge on any atom is -0.507 e. The Morgan fingerprint density at radius 3 is 2.69 bits per heavy atom. The van der Waals surface area contributed by atoms with Gasteiger partial charge in [-0.1, -0.05) is 19.8 Å². The van der Waals surface area contributed by atoms with E-state index in [0.717, 1.165) is 34.7 Å². The lowest BCUT2D eigenvalue weighted by Gasteiger charge is -2.30. The van der Waals surface area contributed by atoms with E-state index in [0.29, 0.717) is 6.54 Å². The number of benzene rings is 1. The number of fused-ring (bicyclic) bond motifs is 1. The third kappa shape index (κ3) is 5.24. The van der Waals surface area contributed by atoms with Crippen LogP contribution in [0.5, 0.6) is 5.75 Å². The molecule has 0 bridgehead atoms. The van der Waals surface area contributed by atoms with Crippen LogP contribution in [0.25, 0.3) is 0 Å². The first-order valence-electron chi connectivity index (χ1n) is 8.98. The molecular formula is C19H30N2O3S2. The number of nitrogens with zero attached hydrogens (tertiary/aromatic N) is 2. The van der Waals surface area contributed by atoms with Gasteiger partial charge in [0.15, 0.2) is 0 Å². The van der Waals surface area contributed by atoms with Gasteiger partial charge in [0.25, 0.3) is 0 Å². The van der Waals surface area contributed by atoms with Gasteiger partial charge in [0.05, 0.1) is 15.5 Å². The van der Waals surface area contributed by atoms with Crippen LogP contribution < -0.4 is 4.90 Å². The Kier molecular flexibility index (Phi) is 7.16. The largest absolute Gasteiger partial charge is 0.507 e. The number of hydrogen-bond acceptors (Lipinski definition) is 6. The monoisotopic (exact) mass is 398 g/mol. The summed E-state index contributed by atoms with van der Waals surface area (Å²) in [6.07, 6.45) is 4.81. The van der Waals surface area contributed by atoms with E-state index in [1.807, 2.05) is 40.1 Å². The SMILES string of the molecule is CCCCC1CN(C(=O)OC(C)(C)C)c2cc(SC)c(O)cc2SN1C. The summed E-state index contributed by atoms with van der Waals surface area (Å²) >= 11 is 3.04. The molecule has 1 N–H and O–H groups in total. The van der Waals surface area contributed by atoms with Crippen molar-refractivity contribution < 1.29 is 14.6 Å². The second-order valence-electron chi connectivity index (χ2n) is 7.52. The summed E-state index contributed by atoms with van der Waals surface area (Å²) in [6.45, 7) is 8.38. The van der Waals surface area contributed by atoms with Gasteiger partial charge in [-0.2, -0.15) is 0 Å². The van der Waals surface area contributed by atoms with E-state index in [-0.39, 0.29) is 17.9 Å². The van der Waals surface area contributed by atoms with Gasteiger partial charge in [0.1, 0.15) is 11.4 Å². The number of ether oxygens (including phenoxy) is 1. The molecule has 7 heteroatoms. The first-order chi connectivity index (χ1) is 12.2. The lowest BCUT2D eigenvalue weighted by molar-refractivity contribution is 0.0573. The predicted octanol–water partition coefficient (Wildman–Crippen LogP) is 5.37. The van der Waals surface area contributed by atoms with Gasteiger partial charge in [-0.3, -0.25) is 4.90 Å². The third-order valence-corrected chi connectivity index (χ3v) is 6.08. The van der Waals surface area contributed by atoms with Crippen LogP contribution >= 0.6 is 23.7 Å². The number of carbonyl (C=O) groups excluding carboxylic acids is 1. The number of thioether (sulfide) groups is 1. The Labute approximate surface area is 165 Å². The highest BCUT2D eigenvalue weighted by atomic mass is 32.2. The van der Waals surface area contributed by atoms with Gasteiger partial charge in [-0.15, -0.1) is 11.8 Å². The molecule has 5 nitrogen and oxygen atoms in total. The van der Waals surface area contributed by atoms with Gasteiger partial charge in [-0.25, -0.2) is 9.10 Å². The lowest BCUT2D eigenvalue weighted by atomic mass is 10.1. The van der Waals surface area contributed by atoms with Gasteiger partial charge in [-0.05, 0) is 64.6 Å². The zero-order chi connectivity index (χ0) is 19.5. The molecule has 0 aromatic heterocycles. The summed E-state index contributed by atoms with van der Waals surface area (Å²) in [5.41, 5.74) is 0.248. The smallest absolute Gasteiger partial charge is 0.414 e. The fourth-order valence-electron chi connectivity index (χ4n) is 2.84. The average molecular weight is 399 g/mol. The topological polar surface area (TPSA) is 53.0 Å². The predicted molar refractivity (Wildman–Crippen MR) is 110 cm³/mol. The Morgan fingerprint density at radius 1 is 1.42 bits per heavy atom. The van der Waals surface area contributed by atoms with Crippen LogP contribution in [0.3, 0.4) is 0 Å². The maximum absolute atomic E-state index is 12.9. The van der Waals surface area contributed by atoms with E-state index in [2.05, 4.69) is 11.2 Å². The quantitative estimate of drug-likeness (QED) is 0.544. The maximum atomic E-state index is 12.9. The second kappa shape index (κ2) is 8.76. The van der Waals surface area contributed by atoms with Crippen molar-refractivity contribution in [1.82, 2.24) is 4.31 Å². The molecule has 1 aliphatic heterocycles. The van der Waals surface area contributed by atoms with Gasteiger partial charge < -0.3 is 9.84 Å². The van der Waals surface area contributed by atoms with Crippen LogP contribution in [0.1, 0.15) is 47.0 Å². The number of phenolic OH excluding ortho intramolecular Hbond substituents is 1. The van der Waals surface area contributed by atoms with E-state index < -0.39 is 5.60 Å². The zero-order valence-corrected chi connectivity index (χ0v) is 18.2. The summed E-state index contributed by atoms with van der Waals surface area (Å²) in [4.78, 5) is 16.3. The van der Waals surface area contributed by atoms with Crippen molar-refractivity contribution in [2.45, 2.75) is 68.4 Å². The molecule has 0 saturated carbocycles. The van der Waals surface area contributed by atoms with E-state index in [1.54, 1.807) is 22.9 Å². The fraction of sp³-hybridized carbons (Fsp3) is 0.632. The van der Waals surface area contributed by atoms with Crippen LogP contribution in [0.15, 0.2) is 21.9 Å². The average Bonchev–Trinajstić information content (AvgIpc) is 2.66. The molecule has 1 amide bonds. The minimum absolute atomic E-state index is 0.222. The van der Waals surface area contributed by atoms with Crippen LogP contribution in [0, 0.1) is 0 Å². The molecule has 0 saturated heterocycles. The molecular weight excluding hydrogens is 368 g/mol. The number of hydrogen-bond donors (Lipinski definition) is 1. The van der Waals surface area contributed by atoms with Crippen molar-refractivity contribution in [2.24, 2.45) is 0 Å². The molecule has 1 atom stereocenters. The third-order valence-electron chi connectivity index (χ3n) is 4.21. The Bertz CT molecular complexity index is 646. The first-order valence-corrected chi connectivity index (χ1v) is 11.0. The second-order valence-corrected chi connectivity index (χ2v) is 9.56. The summed E-state index contributed by atoms with van der Waals surface area (Å²) < 4.78 is 7.86. The molecule has 1 aromatic rings. The molecule has 0 fully saturated rings. The molecule has 0 radical (unpaired) electrons. The standard InChI is InChI=1S/C19H30N2O3S2/c1-7-8-9-13-12-21(18(23)24-19(2,3)4)14-10-17(25-6)15(22)11-16(14)26-20(13)5/h10-11,13,22H,7-9,12H2,1-6H3. The molecule has 1 aromatic carbocycles. The number of anilines is 1. The molecule has 0 spiro atoms. The van der Waals surface area contributed by atoms with Crippen molar-refractivity contribution in [3.8, 4) is 5.75 Å². The van der Waals surface area contributed by atoms with Gasteiger partial charge in [0, 0.05) is 12.6 Å². The number of carbonyl (C=O) groups is 1. The number of unbranched alkanes of at least 4 members (excludes halogenated alkanes) is 1. The van der Waals surface area contributed by atoms with E-state index in [1.165, 1.54) is 11.8 Å². The van der Waals surface area contributed by atoms with Crippen molar-refractivity contribution in [3.05, 3.63) is 12.1 Å². The molecule has 2 rings (SSSR count). The molecule has 146 valence electrons. The summed E-state index contributed by atoms with van der Waals surface area (Å²) in [5.74, 6) is 0.244. The highest BCUT2D eigenvalue weighted by molar-refractivity contribution is 7.98. The number of likely N-dealkylation sites (N-methyl/N-ethyl adjacent to an activating group) is 1.